The largest absolute Gasteiger partial charge is 2.00 e. The first-order valence-electron chi connectivity index (χ1n) is 5.11. The summed E-state index contributed by atoms with van der Waals surface area (Å²) in [7, 11) is 0. The van der Waals surface area contributed by atoms with Gasteiger partial charge in [0, 0.05) is 11.1 Å². The van der Waals surface area contributed by atoms with Gasteiger partial charge in [-0.3, -0.25) is 9.59 Å². The third-order valence-electron chi connectivity index (χ3n) is 2.09. The molecule has 4 nitrogen and oxygen atoms in total. The number of para-hydroxylation sites is 2. The second kappa shape index (κ2) is 8.90. The molecule has 5 heteroatoms. The van der Waals surface area contributed by atoms with Crippen LogP contribution in [0.15, 0.2) is 48.5 Å². The summed E-state index contributed by atoms with van der Waals surface area (Å²) in [5.41, 5.74) is 0.440. The molecule has 0 saturated carbocycles. The van der Waals surface area contributed by atoms with Crippen LogP contribution in [0.1, 0.15) is 20.7 Å². The molecule has 0 heterocycles. The van der Waals surface area contributed by atoms with E-state index in [4.69, 9.17) is 0 Å². The minimum atomic E-state index is -0.215. The van der Waals surface area contributed by atoms with E-state index < -0.39 is 0 Å². The van der Waals surface area contributed by atoms with Crippen LogP contribution in [0.25, 0.3) is 0 Å². The van der Waals surface area contributed by atoms with Crippen molar-refractivity contribution in [3.8, 4) is 11.5 Å². The van der Waals surface area contributed by atoms with E-state index >= 15 is 0 Å². The normalized spacial score (nSPS) is 8.42. The van der Waals surface area contributed by atoms with E-state index in [2.05, 4.69) is 0 Å². The number of carbonyl (C=O) groups excluding carboxylic acids is 2. The molecule has 99 valence electrons. The van der Waals surface area contributed by atoms with Crippen LogP contribution in [-0.4, -0.2) is 12.6 Å². The standard InChI is InChI=1S/2C7H6O2.Co/c2*8-5-6-3-1-2-4-7(6)9;/h2*1-5,9H;/q;;+2/p-2. The summed E-state index contributed by atoms with van der Waals surface area (Å²) in [4.78, 5) is 20.1. The summed E-state index contributed by atoms with van der Waals surface area (Å²) in [5, 5.41) is 21.2. The molecule has 0 bridgehead atoms. The van der Waals surface area contributed by atoms with Crippen LogP contribution >= 0.6 is 0 Å². The van der Waals surface area contributed by atoms with Crippen LogP contribution in [-0.2, 0) is 16.8 Å². The molecule has 0 saturated heterocycles. The maximum atomic E-state index is 10.6. The summed E-state index contributed by atoms with van der Waals surface area (Å²) in [6.07, 6.45) is 1.12. The fraction of sp³-hybridized carbons (Fsp3) is 0. The number of hydrogen-bond donors (Lipinski definition) is 0. The number of rotatable bonds is 2. The Bertz CT molecular complexity index is 491. The van der Waals surface area contributed by atoms with Crippen molar-refractivity contribution in [3.63, 3.8) is 0 Å². The van der Waals surface area contributed by atoms with Gasteiger partial charge in [-0.1, -0.05) is 60.0 Å². The predicted octanol–water partition coefficient (Wildman–Crippen LogP) is 1.14. The SMILES string of the molecule is O=Cc1ccccc1[O-].O=Cc1ccccc1[O-].[Co+2]. The number of hydrogen-bond acceptors (Lipinski definition) is 4. The molecule has 0 unspecified atom stereocenters. The van der Waals surface area contributed by atoms with E-state index in [1.807, 2.05) is 0 Å². The second-order valence-corrected chi connectivity index (χ2v) is 3.31. The third-order valence-corrected chi connectivity index (χ3v) is 2.09. The Balaban J connectivity index is 0.000000324. The molecule has 2 aromatic rings. The van der Waals surface area contributed by atoms with Crippen molar-refractivity contribution in [2.75, 3.05) is 0 Å². The average Bonchev–Trinajstić information content (AvgIpc) is 2.41. The molecule has 0 atom stereocenters. The van der Waals surface area contributed by atoms with Crippen molar-refractivity contribution in [1.82, 2.24) is 0 Å². The Labute approximate surface area is 120 Å². The molecule has 0 spiro atoms. The summed E-state index contributed by atoms with van der Waals surface area (Å²) in [6, 6.07) is 12.2. The predicted molar refractivity (Wildman–Crippen MR) is 62.6 cm³/mol. The molecule has 19 heavy (non-hydrogen) atoms. The van der Waals surface area contributed by atoms with Gasteiger partial charge in [0.15, 0.2) is 0 Å². The molecule has 2 rings (SSSR count). The van der Waals surface area contributed by atoms with Gasteiger partial charge in [-0.2, -0.15) is 0 Å². The smallest absolute Gasteiger partial charge is 0.872 e. The van der Waals surface area contributed by atoms with E-state index in [0.717, 1.165) is 0 Å². The molecule has 0 aliphatic heterocycles. The van der Waals surface area contributed by atoms with Gasteiger partial charge in [0.05, 0.1) is 0 Å². The Morgan fingerprint density at radius 3 is 1.21 bits per heavy atom. The molecule has 0 N–H and O–H groups in total. The Morgan fingerprint density at radius 2 is 1.00 bits per heavy atom. The van der Waals surface area contributed by atoms with Crippen molar-refractivity contribution in [3.05, 3.63) is 59.7 Å². The number of carbonyl (C=O) groups is 2. The van der Waals surface area contributed by atoms with Gasteiger partial charge in [0.1, 0.15) is 12.6 Å². The first-order valence-corrected chi connectivity index (χ1v) is 5.11. The van der Waals surface area contributed by atoms with Crippen molar-refractivity contribution in [1.29, 1.82) is 0 Å². The summed E-state index contributed by atoms with van der Waals surface area (Å²) in [5.74, 6) is -0.431. The van der Waals surface area contributed by atoms with Gasteiger partial charge in [-0.15, -0.1) is 0 Å². The molecule has 1 radical (unpaired) electrons. The number of aldehydes is 2. The molecular weight excluding hydrogens is 291 g/mol. The fourth-order valence-corrected chi connectivity index (χ4v) is 1.16. The summed E-state index contributed by atoms with van der Waals surface area (Å²) < 4.78 is 0. The van der Waals surface area contributed by atoms with Gasteiger partial charge < -0.3 is 10.2 Å². The molecule has 0 aromatic heterocycles. The maximum Gasteiger partial charge on any atom is 2.00 e. The van der Waals surface area contributed by atoms with Crippen LogP contribution < -0.4 is 10.2 Å². The van der Waals surface area contributed by atoms with E-state index in [1.165, 1.54) is 24.3 Å². The van der Waals surface area contributed by atoms with Crippen molar-refractivity contribution in [2.45, 2.75) is 0 Å². The third kappa shape index (κ3) is 5.37. The van der Waals surface area contributed by atoms with Crippen LogP contribution in [0.3, 0.4) is 0 Å². The van der Waals surface area contributed by atoms with Gasteiger partial charge in [0.25, 0.3) is 0 Å². The first-order chi connectivity index (χ1) is 8.69. The maximum absolute atomic E-state index is 10.6. The van der Waals surface area contributed by atoms with Crippen molar-refractivity contribution < 1.29 is 36.6 Å². The summed E-state index contributed by atoms with van der Waals surface area (Å²) in [6.45, 7) is 0. The zero-order valence-corrected chi connectivity index (χ0v) is 10.8. The quantitative estimate of drug-likeness (QED) is 0.779. The van der Waals surface area contributed by atoms with Gasteiger partial charge in [0.2, 0.25) is 0 Å². The second-order valence-electron chi connectivity index (χ2n) is 3.31. The topological polar surface area (TPSA) is 80.3 Å². The van der Waals surface area contributed by atoms with E-state index in [-0.39, 0.29) is 39.4 Å². The monoisotopic (exact) mass is 301 g/mol. The first kappa shape index (κ1) is 16.9. The number of benzene rings is 2. The zero-order chi connectivity index (χ0) is 13.4. The van der Waals surface area contributed by atoms with Crippen LogP contribution in [0, 0.1) is 0 Å². The molecule has 0 aliphatic rings. The fourth-order valence-electron chi connectivity index (χ4n) is 1.16. The Morgan fingerprint density at radius 1 is 0.684 bits per heavy atom. The average molecular weight is 301 g/mol. The van der Waals surface area contributed by atoms with Crippen LogP contribution in [0.5, 0.6) is 11.5 Å². The Hall–Kier alpha value is -2.11. The van der Waals surface area contributed by atoms with E-state index in [0.29, 0.717) is 12.6 Å². The van der Waals surface area contributed by atoms with E-state index in [1.54, 1.807) is 24.3 Å². The molecule has 0 aliphatic carbocycles. The molecule has 0 fully saturated rings. The molecule has 0 amide bonds. The van der Waals surface area contributed by atoms with Crippen LogP contribution in [0.4, 0.5) is 0 Å². The summed E-state index contributed by atoms with van der Waals surface area (Å²) >= 11 is 0. The van der Waals surface area contributed by atoms with Gasteiger partial charge in [-0.05, 0) is 0 Å². The van der Waals surface area contributed by atoms with Crippen molar-refractivity contribution >= 4 is 12.6 Å². The van der Waals surface area contributed by atoms with Crippen molar-refractivity contribution in [2.24, 2.45) is 0 Å². The minimum Gasteiger partial charge on any atom is -0.872 e. The Kier molecular flexibility index (Phi) is 7.91. The van der Waals surface area contributed by atoms with Crippen LogP contribution in [0.2, 0.25) is 0 Å². The molecular formula is C14H10CoO4. The zero-order valence-electron chi connectivity index (χ0n) is 9.74. The van der Waals surface area contributed by atoms with Gasteiger partial charge in [-0.25, -0.2) is 0 Å². The molecule has 2 aromatic carbocycles. The van der Waals surface area contributed by atoms with Gasteiger partial charge >= 0.3 is 16.8 Å². The van der Waals surface area contributed by atoms with E-state index in [9.17, 15) is 19.8 Å². The minimum absolute atomic E-state index is 0.